The van der Waals surface area contributed by atoms with Gasteiger partial charge < -0.3 is 15.8 Å². The fourth-order valence-electron chi connectivity index (χ4n) is 3.47. The van der Waals surface area contributed by atoms with Crippen LogP contribution in [-0.4, -0.2) is 35.9 Å². The van der Waals surface area contributed by atoms with Gasteiger partial charge in [0, 0.05) is 20.0 Å². The molecule has 30 heavy (non-hydrogen) atoms. The lowest BCUT2D eigenvalue weighted by atomic mass is 9.93. The molecule has 0 saturated carbocycles. The smallest absolute Gasteiger partial charge is 0.278 e. The standard InChI is InChI=1S/C23H34N4O3/c1-4-8-19(22(28)25-2)15-17-9-11-18(12-10-17)21-20(16-26-27(3)23(21)29)30-14-7-5-6-13-24/h9-12,16,19H,4-8,13-15,24H2,1-3H3,(H,25,28)/t19-/m0/s1. The van der Waals surface area contributed by atoms with Gasteiger partial charge in [0.05, 0.1) is 18.4 Å². The average molecular weight is 415 g/mol. The van der Waals surface area contributed by atoms with Crippen molar-refractivity contribution in [3.8, 4) is 16.9 Å². The average Bonchev–Trinajstić information content (AvgIpc) is 2.76. The van der Waals surface area contributed by atoms with Gasteiger partial charge in [0.1, 0.15) is 0 Å². The van der Waals surface area contributed by atoms with Crippen molar-refractivity contribution < 1.29 is 9.53 Å². The van der Waals surface area contributed by atoms with E-state index in [1.807, 2.05) is 24.3 Å². The van der Waals surface area contributed by atoms with E-state index in [1.54, 1.807) is 20.3 Å². The van der Waals surface area contributed by atoms with Gasteiger partial charge in [-0.25, -0.2) is 4.68 Å². The number of carbonyl (C=O) groups excluding carboxylic acids is 1. The third-order valence-electron chi connectivity index (χ3n) is 5.19. The number of hydrogen-bond donors (Lipinski definition) is 2. The lowest BCUT2D eigenvalue weighted by Gasteiger charge is -2.15. The summed E-state index contributed by atoms with van der Waals surface area (Å²) in [4.78, 5) is 24.9. The summed E-state index contributed by atoms with van der Waals surface area (Å²) in [6.07, 6.45) is 6.89. The molecular formula is C23H34N4O3. The maximum atomic E-state index is 12.8. The van der Waals surface area contributed by atoms with Crippen LogP contribution in [0.5, 0.6) is 5.75 Å². The molecule has 0 saturated heterocycles. The molecule has 1 aromatic carbocycles. The molecule has 0 aliphatic rings. The zero-order chi connectivity index (χ0) is 21.9. The van der Waals surface area contributed by atoms with Crippen LogP contribution in [0.2, 0.25) is 0 Å². The van der Waals surface area contributed by atoms with Crippen LogP contribution in [0.4, 0.5) is 0 Å². The first-order chi connectivity index (χ1) is 14.5. The SMILES string of the molecule is CCC[C@@H](Cc1ccc(-c2c(OCCCCCN)cnn(C)c2=O)cc1)C(=O)NC. The second-order valence-electron chi connectivity index (χ2n) is 7.51. The summed E-state index contributed by atoms with van der Waals surface area (Å²) in [5.74, 6) is 0.508. The van der Waals surface area contributed by atoms with E-state index in [1.165, 1.54) is 4.68 Å². The number of nitrogens with zero attached hydrogens (tertiary/aromatic N) is 2. The van der Waals surface area contributed by atoms with Crippen molar-refractivity contribution in [3.63, 3.8) is 0 Å². The van der Waals surface area contributed by atoms with Gasteiger partial charge >= 0.3 is 0 Å². The van der Waals surface area contributed by atoms with Crippen molar-refractivity contribution in [2.45, 2.75) is 45.4 Å². The predicted octanol–water partition coefficient (Wildman–Crippen LogP) is 2.66. The molecule has 164 valence electrons. The van der Waals surface area contributed by atoms with Crippen molar-refractivity contribution in [3.05, 3.63) is 46.4 Å². The van der Waals surface area contributed by atoms with E-state index in [0.29, 0.717) is 30.9 Å². The molecule has 1 heterocycles. The van der Waals surface area contributed by atoms with E-state index < -0.39 is 0 Å². The van der Waals surface area contributed by atoms with Crippen LogP contribution >= 0.6 is 0 Å². The molecule has 3 N–H and O–H groups in total. The normalized spacial score (nSPS) is 11.9. The molecule has 0 spiro atoms. The number of aryl methyl sites for hydroxylation is 1. The molecule has 7 heteroatoms. The number of amides is 1. The Balaban J connectivity index is 2.21. The third kappa shape index (κ3) is 6.42. The minimum Gasteiger partial charge on any atom is -0.491 e. The second kappa shape index (κ2) is 12.1. The van der Waals surface area contributed by atoms with Gasteiger partial charge in [0.2, 0.25) is 5.91 Å². The number of aromatic nitrogens is 2. The molecule has 1 amide bonds. The van der Waals surface area contributed by atoms with Crippen LogP contribution in [0.15, 0.2) is 35.3 Å². The maximum Gasteiger partial charge on any atom is 0.278 e. The van der Waals surface area contributed by atoms with Crippen molar-refractivity contribution in [2.75, 3.05) is 20.2 Å². The van der Waals surface area contributed by atoms with E-state index in [9.17, 15) is 9.59 Å². The number of hydrogen-bond acceptors (Lipinski definition) is 5. The van der Waals surface area contributed by atoms with Crippen LogP contribution < -0.4 is 21.3 Å². The van der Waals surface area contributed by atoms with Crippen LogP contribution in [0.25, 0.3) is 11.1 Å². The Labute approximate surface area is 178 Å². The fourth-order valence-corrected chi connectivity index (χ4v) is 3.47. The Hall–Kier alpha value is -2.67. The van der Waals surface area contributed by atoms with Crippen molar-refractivity contribution in [1.82, 2.24) is 15.1 Å². The van der Waals surface area contributed by atoms with Gasteiger partial charge in [-0.15, -0.1) is 0 Å². The highest BCUT2D eigenvalue weighted by Crippen LogP contribution is 2.27. The Bertz CT molecular complexity index is 862. The Morgan fingerprint density at radius 1 is 1.23 bits per heavy atom. The molecule has 0 bridgehead atoms. The van der Waals surface area contributed by atoms with Gasteiger partial charge in [0.15, 0.2) is 5.75 Å². The van der Waals surface area contributed by atoms with Crippen molar-refractivity contribution in [2.24, 2.45) is 18.7 Å². The Kier molecular flexibility index (Phi) is 9.54. The van der Waals surface area contributed by atoms with Crippen LogP contribution in [0.1, 0.15) is 44.6 Å². The highest BCUT2D eigenvalue weighted by molar-refractivity contribution is 5.78. The summed E-state index contributed by atoms with van der Waals surface area (Å²) in [5, 5.41) is 6.85. The quantitative estimate of drug-likeness (QED) is 0.520. The van der Waals surface area contributed by atoms with E-state index in [-0.39, 0.29) is 17.4 Å². The molecule has 0 aliphatic carbocycles. The molecular weight excluding hydrogens is 380 g/mol. The monoisotopic (exact) mass is 414 g/mol. The molecule has 1 aromatic heterocycles. The van der Waals surface area contributed by atoms with E-state index >= 15 is 0 Å². The lowest BCUT2D eigenvalue weighted by Crippen LogP contribution is -2.28. The van der Waals surface area contributed by atoms with Crippen LogP contribution in [0, 0.1) is 5.92 Å². The summed E-state index contributed by atoms with van der Waals surface area (Å²) in [6, 6.07) is 7.79. The number of ether oxygens (including phenoxy) is 1. The number of benzene rings is 1. The van der Waals surface area contributed by atoms with Gasteiger partial charge in [-0.2, -0.15) is 5.10 Å². The number of nitrogens with two attached hydrogens (primary N) is 1. The van der Waals surface area contributed by atoms with Crippen molar-refractivity contribution >= 4 is 5.91 Å². The first-order valence-electron chi connectivity index (χ1n) is 10.7. The largest absolute Gasteiger partial charge is 0.491 e. The van der Waals surface area contributed by atoms with Crippen molar-refractivity contribution in [1.29, 1.82) is 0 Å². The number of carbonyl (C=O) groups is 1. The Morgan fingerprint density at radius 3 is 2.60 bits per heavy atom. The first kappa shape index (κ1) is 23.6. The summed E-state index contributed by atoms with van der Waals surface area (Å²) in [5.41, 5.74) is 7.68. The highest BCUT2D eigenvalue weighted by atomic mass is 16.5. The molecule has 7 nitrogen and oxygen atoms in total. The molecule has 0 fully saturated rings. The second-order valence-corrected chi connectivity index (χ2v) is 7.51. The lowest BCUT2D eigenvalue weighted by molar-refractivity contribution is -0.124. The fraction of sp³-hybridized carbons (Fsp3) is 0.522. The zero-order valence-electron chi connectivity index (χ0n) is 18.3. The highest BCUT2D eigenvalue weighted by Gasteiger charge is 2.18. The third-order valence-corrected chi connectivity index (χ3v) is 5.19. The predicted molar refractivity (Wildman–Crippen MR) is 119 cm³/mol. The Morgan fingerprint density at radius 2 is 1.97 bits per heavy atom. The molecule has 0 radical (unpaired) electrons. The summed E-state index contributed by atoms with van der Waals surface area (Å²) in [6.45, 7) is 3.27. The molecule has 0 aliphatic heterocycles. The van der Waals surface area contributed by atoms with Crippen LogP contribution in [-0.2, 0) is 18.3 Å². The van der Waals surface area contributed by atoms with E-state index in [0.717, 1.165) is 43.2 Å². The van der Waals surface area contributed by atoms with E-state index in [4.69, 9.17) is 10.5 Å². The summed E-state index contributed by atoms with van der Waals surface area (Å²) in [7, 11) is 3.30. The zero-order valence-corrected chi connectivity index (χ0v) is 18.3. The molecule has 1 atom stereocenters. The first-order valence-corrected chi connectivity index (χ1v) is 10.7. The molecule has 0 unspecified atom stereocenters. The van der Waals surface area contributed by atoms with E-state index in [2.05, 4.69) is 17.3 Å². The topological polar surface area (TPSA) is 99.2 Å². The minimum absolute atomic E-state index is 0.0490. The van der Waals surface area contributed by atoms with Gasteiger partial charge in [-0.1, -0.05) is 37.6 Å². The van der Waals surface area contributed by atoms with Gasteiger partial charge in [0.25, 0.3) is 5.56 Å². The molecule has 2 aromatic rings. The van der Waals surface area contributed by atoms with Gasteiger partial charge in [-0.3, -0.25) is 9.59 Å². The maximum absolute atomic E-state index is 12.8. The number of unbranched alkanes of at least 4 members (excludes halogenated alkanes) is 2. The minimum atomic E-state index is -0.198. The van der Waals surface area contributed by atoms with Gasteiger partial charge in [-0.05, 0) is 49.8 Å². The number of nitrogens with one attached hydrogen (secondary N) is 1. The number of rotatable bonds is 12. The molecule has 2 rings (SSSR count). The van der Waals surface area contributed by atoms with Crippen LogP contribution in [0.3, 0.4) is 0 Å². The summed E-state index contributed by atoms with van der Waals surface area (Å²) < 4.78 is 7.19. The summed E-state index contributed by atoms with van der Waals surface area (Å²) >= 11 is 0.